The van der Waals surface area contributed by atoms with Gasteiger partial charge in [0.25, 0.3) is 0 Å². The molecule has 0 amide bonds. The minimum Gasteiger partial charge on any atom is -0.396 e. The zero-order chi connectivity index (χ0) is 11.5. The third-order valence-corrected chi connectivity index (χ3v) is 2.38. The summed E-state index contributed by atoms with van der Waals surface area (Å²) in [7, 11) is 0. The molecule has 84 valence electrons. The molecule has 2 nitrogen and oxygen atoms in total. The van der Waals surface area contributed by atoms with Crippen molar-refractivity contribution in [3.8, 4) is 0 Å². The monoisotopic (exact) mass is 216 g/mol. The summed E-state index contributed by atoms with van der Waals surface area (Å²) >= 11 is 0. The van der Waals surface area contributed by atoms with Gasteiger partial charge in [0.15, 0.2) is 11.6 Å². The van der Waals surface area contributed by atoms with E-state index in [4.69, 9.17) is 10.2 Å². The van der Waals surface area contributed by atoms with Gasteiger partial charge in [-0.1, -0.05) is 13.0 Å². The average Bonchev–Trinajstić information content (AvgIpc) is 2.23. The van der Waals surface area contributed by atoms with Crippen LogP contribution in [0, 0.1) is 17.0 Å². The lowest BCUT2D eigenvalue weighted by molar-refractivity contribution is 0.0703. The number of hydrogen-bond donors (Lipinski definition) is 2. The van der Waals surface area contributed by atoms with Gasteiger partial charge < -0.3 is 10.2 Å². The first-order valence-electron chi connectivity index (χ1n) is 4.66. The van der Waals surface area contributed by atoms with E-state index in [0.717, 1.165) is 12.1 Å². The van der Waals surface area contributed by atoms with Crippen molar-refractivity contribution in [1.29, 1.82) is 0 Å². The fourth-order valence-electron chi connectivity index (χ4n) is 1.30. The second-order valence-corrected chi connectivity index (χ2v) is 4.05. The zero-order valence-corrected chi connectivity index (χ0v) is 8.50. The van der Waals surface area contributed by atoms with E-state index in [2.05, 4.69) is 0 Å². The van der Waals surface area contributed by atoms with Crippen LogP contribution < -0.4 is 0 Å². The molecule has 1 aromatic rings. The molecule has 4 heteroatoms. The van der Waals surface area contributed by atoms with Crippen LogP contribution in [-0.4, -0.2) is 23.4 Å². The van der Waals surface area contributed by atoms with Crippen LogP contribution in [0.1, 0.15) is 12.5 Å². The maximum atomic E-state index is 12.9. The van der Waals surface area contributed by atoms with Crippen molar-refractivity contribution < 1.29 is 19.0 Å². The van der Waals surface area contributed by atoms with Crippen LogP contribution in [0.3, 0.4) is 0 Å². The van der Waals surface area contributed by atoms with Crippen LogP contribution in [0.15, 0.2) is 18.2 Å². The standard InChI is InChI=1S/C11H14F2O2/c1-11(6-14,7-15)5-8-2-3-9(12)10(13)4-8/h2-4,14-15H,5-7H2,1H3. The van der Waals surface area contributed by atoms with Crippen LogP contribution in [0.2, 0.25) is 0 Å². The van der Waals surface area contributed by atoms with Crippen LogP contribution in [0.5, 0.6) is 0 Å². The van der Waals surface area contributed by atoms with Gasteiger partial charge in [-0.25, -0.2) is 8.78 Å². The maximum Gasteiger partial charge on any atom is 0.159 e. The second-order valence-electron chi connectivity index (χ2n) is 4.05. The summed E-state index contributed by atoms with van der Waals surface area (Å²) in [5, 5.41) is 18.1. The fraction of sp³-hybridized carbons (Fsp3) is 0.455. The first-order chi connectivity index (χ1) is 7.00. The molecule has 0 aliphatic carbocycles. The Balaban J connectivity index is 2.85. The molecule has 0 saturated carbocycles. The molecule has 0 heterocycles. The van der Waals surface area contributed by atoms with Crippen molar-refractivity contribution >= 4 is 0 Å². The summed E-state index contributed by atoms with van der Waals surface area (Å²) in [5.74, 6) is -1.81. The van der Waals surface area contributed by atoms with Crippen LogP contribution in [0.4, 0.5) is 8.78 Å². The number of rotatable bonds is 4. The highest BCUT2D eigenvalue weighted by molar-refractivity contribution is 5.19. The van der Waals surface area contributed by atoms with E-state index in [1.54, 1.807) is 6.92 Å². The van der Waals surface area contributed by atoms with Gasteiger partial charge in [-0.05, 0) is 24.1 Å². The highest BCUT2D eigenvalue weighted by Crippen LogP contribution is 2.22. The number of hydrogen-bond acceptors (Lipinski definition) is 2. The second kappa shape index (κ2) is 4.68. The normalized spacial score (nSPS) is 11.8. The maximum absolute atomic E-state index is 12.9. The molecule has 1 aromatic carbocycles. The molecule has 0 spiro atoms. The summed E-state index contributed by atoms with van der Waals surface area (Å²) in [6.07, 6.45) is 0.303. The first-order valence-corrected chi connectivity index (χ1v) is 4.66. The van der Waals surface area contributed by atoms with E-state index in [9.17, 15) is 8.78 Å². The number of halogens is 2. The Morgan fingerprint density at radius 1 is 1.13 bits per heavy atom. The molecule has 1 rings (SSSR count). The molecule has 0 aliphatic rings. The van der Waals surface area contributed by atoms with Crippen LogP contribution in [-0.2, 0) is 6.42 Å². The van der Waals surface area contributed by atoms with E-state index in [1.807, 2.05) is 0 Å². The van der Waals surface area contributed by atoms with Gasteiger partial charge in [0.05, 0.1) is 13.2 Å². The fourth-order valence-corrected chi connectivity index (χ4v) is 1.30. The van der Waals surface area contributed by atoms with E-state index >= 15 is 0 Å². The van der Waals surface area contributed by atoms with E-state index < -0.39 is 17.0 Å². The molecule has 0 radical (unpaired) electrons. The van der Waals surface area contributed by atoms with E-state index in [-0.39, 0.29) is 13.2 Å². The van der Waals surface area contributed by atoms with Gasteiger partial charge in [0, 0.05) is 5.41 Å². The predicted molar refractivity (Wildman–Crippen MR) is 52.3 cm³/mol. The zero-order valence-electron chi connectivity index (χ0n) is 8.50. The SMILES string of the molecule is CC(CO)(CO)Cc1ccc(F)c(F)c1. The van der Waals surface area contributed by atoms with Crippen molar-refractivity contribution in [2.75, 3.05) is 13.2 Å². The molecule has 0 aromatic heterocycles. The Morgan fingerprint density at radius 3 is 2.20 bits per heavy atom. The molecule has 2 N–H and O–H groups in total. The van der Waals surface area contributed by atoms with Gasteiger partial charge >= 0.3 is 0 Å². The molecular formula is C11H14F2O2. The molecule has 0 fully saturated rings. The van der Waals surface area contributed by atoms with Crippen LogP contribution in [0.25, 0.3) is 0 Å². The Labute approximate surface area is 87.2 Å². The lowest BCUT2D eigenvalue weighted by atomic mass is 9.85. The van der Waals surface area contributed by atoms with Crippen molar-refractivity contribution in [2.24, 2.45) is 5.41 Å². The summed E-state index contributed by atoms with van der Waals surface area (Å²) in [6.45, 7) is 1.26. The summed E-state index contributed by atoms with van der Waals surface area (Å²) in [5.41, 5.74) is -0.149. The van der Waals surface area contributed by atoms with E-state index in [0.29, 0.717) is 12.0 Å². The van der Waals surface area contributed by atoms with E-state index in [1.165, 1.54) is 6.07 Å². The molecule has 0 bridgehead atoms. The van der Waals surface area contributed by atoms with Crippen molar-refractivity contribution in [3.05, 3.63) is 35.4 Å². The van der Waals surface area contributed by atoms with Gasteiger partial charge in [-0.15, -0.1) is 0 Å². The summed E-state index contributed by atoms with van der Waals surface area (Å²) in [4.78, 5) is 0. The van der Waals surface area contributed by atoms with Gasteiger partial charge in [0.1, 0.15) is 0 Å². The molecule has 0 atom stereocenters. The van der Waals surface area contributed by atoms with Crippen molar-refractivity contribution in [3.63, 3.8) is 0 Å². The molecular weight excluding hydrogens is 202 g/mol. The van der Waals surface area contributed by atoms with Crippen molar-refractivity contribution in [2.45, 2.75) is 13.3 Å². The number of aliphatic hydroxyl groups is 2. The molecule has 0 aliphatic heterocycles. The van der Waals surface area contributed by atoms with Gasteiger partial charge in [0.2, 0.25) is 0 Å². The largest absolute Gasteiger partial charge is 0.396 e. The Kier molecular flexibility index (Phi) is 3.77. The Hall–Kier alpha value is -1.00. The molecule has 0 unspecified atom stereocenters. The first kappa shape index (κ1) is 12.1. The Bertz CT molecular complexity index is 335. The van der Waals surface area contributed by atoms with Gasteiger partial charge in [-0.3, -0.25) is 0 Å². The molecule has 0 saturated heterocycles. The highest BCUT2D eigenvalue weighted by atomic mass is 19.2. The topological polar surface area (TPSA) is 40.5 Å². The lowest BCUT2D eigenvalue weighted by Gasteiger charge is -2.24. The number of benzene rings is 1. The quantitative estimate of drug-likeness (QED) is 0.800. The lowest BCUT2D eigenvalue weighted by Crippen LogP contribution is -2.28. The molecule has 15 heavy (non-hydrogen) atoms. The Morgan fingerprint density at radius 2 is 1.73 bits per heavy atom. The minimum atomic E-state index is -0.911. The summed E-state index contributed by atoms with van der Waals surface area (Å²) in [6, 6.07) is 3.57. The predicted octanol–water partition coefficient (Wildman–Crippen LogP) is 1.50. The average molecular weight is 216 g/mol. The minimum absolute atomic E-state index is 0.206. The van der Waals surface area contributed by atoms with Crippen molar-refractivity contribution in [1.82, 2.24) is 0 Å². The third-order valence-electron chi connectivity index (χ3n) is 2.38. The number of aliphatic hydroxyl groups excluding tert-OH is 2. The van der Waals surface area contributed by atoms with Crippen LogP contribution >= 0.6 is 0 Å². The highest BCUT2D eigenvalue weighted by Gasteiger charge is 2.23. The third kappa shape index (κ3) is 2.97. The summed E-state index contributed by atoms with van der Waals surface area (Å²) < 4.78 is 25.5. The van der Waals surface area contributed by atoms with Gasteiger partial charge in [-0.2, -0.15) is 0 Å². The smallest absolute Gasteiger partial charge is 0.159 e.